The van der Waals surface area contributed by atoms with Crippen LogP contribution in [0.4, 0.5) is 0 Å². The minimum Gasteiger partial charge on any atom is -0.379 e. The first-order chi connectivity index (χ1) is 13.2. The van der Waals surface area contributed by atoms with E-state index < -0.39 is 0 Å². The molecule has 0 atom stereocenters. The number of nitrogens with one attached hydrogen (secondary N) is 2. The van der Waals surface area contributed by atoms with E-state index in [4.69, 9.17) is 4.74 Å². The van der Waals surface area contributed by atoms with Gasteiger partial charge < -0.3 is 20.3 Å². The first-order valence-electron chi connectivity index (χ1n) is 9.87. The van der Waals surface area contributed by atoms with E-state index in [1.54, 1.807) is 0 Å². The third kappa shape index (κ3) is 9.20. The molecule has 1 fully saturated rings. The Labute approximate surface area is 185 Å². The molecule has 0 saturated carbocycles. The average Bonchev–Trinajstić information content (AvgIpc) is 2.71. The lowest BCUT2D eigenvalue weighted by atomic mass is 10.2. The van der Waals surface area contributed by atoms with Crippen molar-refractivity contribution in [2.24, 2.45) is 4.99 Å². The molecule has 28 heavy (non-hydrogen) atoms. The topological polar surface area (TPSA) is 69.2 Å². The number of morpholine rings is 1. The molecular weight excluding hydrogens is 469 g/mol. The third-order valence-corrected chi connectivity index (χ3v) is 4.49. The van der Waals surface area contributed by atoms with Crippen molar-refractivity contribution >= 4 is 35.8 Å². The van der Waals surface area contributed by atoms with Gasteiger partial charge in [0.25, 0.3) is 0 Å². The van der Waals surface area contributed by atoms with Crippen molar-refractivity contribution in [3.05, 3.63) is 35.9 Å². The molecule has 2 N–H and O–H groups in total. The Balaban J connectivity index is 0.00000392. The van der Waals surface area contributed by atoms with Gasteiger partial charge >= 0.3 is 0 Å². The molecule has 1 aromatic rings. The number of aliphatic imine (C=N–C) groups is 1. The van der Waals surface area contributed by atoms with E-state index in [9.17, 15) is 4.79 Å². The molecule has 1 aliphatic heterocycles. The number of hydrogen-bond acceptors (Lipinski definition) is 4. The van der Waals surface area contributed by atoms with Gasteiger partial charge in [0.2, 0.25) is 5.91 Å². The predicted molar refractivity (Wildman–Crippen MR) is 124 cm³/mol. The summed E-state index contributed by atoms with van der Waals surface area (Å²) in [4.78, 5) is 21.2. The summed E-state index contributed by atoms with van der Waals surface area (Å²) in [5.74, 6) is 0.724. The predicted octanol–water partition coefficient (Wildman–Crippen LogP) is 1.54. The van der Waals surface area contributed by atoms with Gasteiger partial charge in [-0.05, 0) is 19.4 Å². The number of likely N-dealkylation sites (N-methyl/N-ethyl adjacent to an activating group) is 1. The summed E-state index contributed by atoms with van der Waals surface area (Å²) in [6.07, 6.45) is 0. The zero-order valence-corrected chi connectivity index (χ0v) is 19.4. The molecule has 0 bridgehead atoms. The number of halogens is 1. The highest BCUT2D eigenvalue weighted by Crippen LogP contribution is 2.04. The largest absolute Gasteiger partial charge is 0.379 e. The summed E-state index contributed by atoms with van der Waals surface area (Å²) in [5, 5.41) is 6.52. The van der Waals surface area contributed by atoms with Gasteiger partial charge in [-0.25, -0.2) is 4.99 Å². The molecule has 1 aromatic carbocycles. The second-order valence-electron chi connectivity index (χ2n) is 6.47. The van der Waals surface area contributed by atoms with Gasteiger partial charge in [-0.1, -0.05) is 30.3 Å². The number of rotatable bonds is 9. The van der Waals surface area contributed by atoms with Gasteiger partial charge in [-0.3, -0.25) is 9.69 Å². The summed E-state index contributed by atoms with van der Waals surface area (Å²) in [7, 11) is 0. The second kappa shape index (κ2) is 14.6. The number of carbonyl (C=O) groups is 1. The molecule has 7 nitrogen and oxygen atoms in total. The number of amides is 1. The Morgan fingerprint density at radius 1 is 1.18 bits per heavy atom. The Kier molecular flexibility index (Phi) is 12.8. The van der Waals surface area contributed by atoms with Gasteiger partial charge in [0.15, 0.2) is 5.96 Å². The fourth-order valence-electron chi connectivity index (χ4n) is 2.93. The van der Waals surface area contributed by atoms with Crippen LogP contribution in [0.2, 0.25) is 0 Å². The van der Waals surface area contributed by atoms with Crippen LogP contribution in [0.5, 0.6) is 0 Å². The minimum absolute atomic E-state index is 0. The van der Waals surface area contributed by atoms with Crippen molar-refractivity contribution in [3.63, 3.8) is 0 Å². The molecule has 1 heterocycles. The fourth-order valence-corrected chi connectivity index (χ4v) is 2.93. The van der Waals surface area contributed by atoms with Crippen LogP contribution in [0.15, 0.2) is 35.3 Å². The molecular formula is C20H34IN5O2. The summed E-state index contributed by atoms with van der Waals surface area (Å²) in [6, 6.07) is 10.0. The van der Waals surface area contributed by atoms with Crippen LogP contribution in [-0.2, 0) is 16.1 Å². The Bertz CT molecular complexity index is 579. The highest BCUT2D eigenvalue weighted by Gasteiger charge is 2.13. The van der Waals surface area contributed by atoms with Crippen LogP contribution in [0.3, 0.4) is 0 Å². The van der Waals surface area contributed by atoms with Gasteiger partial charge in [0.1, 0.15) is 6.54 Å². The monoisotopic (exact) mass is 503 g/mol. The Morgan fingerprint density at radius 2 is 1.89 bits per heavy atom. The van der Waals surface area contributed by atoms with E-state index in [1.165, 1.54) is 0 Å². The zero-order chi connectivity index (χ0) is 19.3. The van der Waals surface area contributed by atoms with Crippen molar-refractivity contribution in [2.45, 2.75) is 20.4 Å². The fraction of sp³-hybridized carbons (Fsp3) is 0.600. The van der Waals surface area contributed by atoms with Crippen LogP contribution in [0.25, 0.3) is 0 Å². The molecule has 1 aliphatic rings. The van der Waals surface area contributed by atoms with Crippen LogP contribution in [0, 0.1) is 0 Å². The number of nitrogens with zero attached hydrogens (tertiary/aromatic N) is 3. The van der Waals surface area contributed by atoms with E-state index >= 15 is 0 Å². The lowest BCUT2D eigenvalue weighted by Crippen LogP contribution is -2.44. The van der Waals surface area contributed by atoms with Gasteiger partial charge in [-0.15, -0.1) is 24.0 Å². The molecule has 0 aliphatic carbocycles. The van der Waals surface area contributed by atoms with Crippen molar-refractivity contribution in [1.82, 2.24) is 20.4 Å². The van der Waals surface area contributed by atoms with Crippen LogP contribution in [0.1, 0.15) is 19.4 Å². The van der Waals surface area contributed by atoms with Crippen molar-refractivity contribution < 1.29 is 9.53 Å². The third-order valence-electron chi connectivity index (χ3n) is 4.49. The van der Waals surface area contributed by atoms with Gasteiger partial charge in [-0.2, -0.15) is 0 Å². The number of ether oxygens (including phenoxy) is 1. The number of carbonyl (C=O) groups excluding carboxylic acids is 1. The number of benzene rings is 1. The maximum atomic E-state index is 12.5. The molecule has 0 unspecified atom stereocenters. The standard InChI is InChI=1S/C20H33N5O2.HI/c1-3-21-20(22-10-11-24-12-14-27-15-13-24)23-16-19(26)25(4-2)17-18-8-6-5-7-9-18;/h5-9H,3-4,10-17H2,1-2H3,(H2,21,22,23);1H. The van der Waals surface area contributed by atoms with Crippen LogP contribution >= 0.6 is 24.0 Å². The molecule has 1 amide bonds. The minimum atomic E-state index is 0. The molecule has 0 aromatic heterocycles. The molecule has 0 spiro atoms. The summed E-state index contributed by atoms with van der Waals surface area (Å²) in [5.41, 5.74) is 1.13. The first kappa shape index (κ1) is 24.6. The second-order valence-corrected chi connectivity index (χ2v) is 6.47. The lowest BCUT2D eigenvalue weighted by molar-refractivity contribution is -0.130. The van der Waals surface area contributed by atoms with Crippen molar-refractivity contribution in [3.8, 4) is 0 Å². The summed E-state index contributed by atoms with van der Waals surface area (Å²) in [6.45, 7) is 11.5. The SMILES string of the molecule is CCNC(=NCC(=O)N(CC)Cc1ccccc1)NCCN1CCOCC1.I. The quantitative estimate of drug-likeness (QED) is 0.304. The van der Waals surface area contributed by atoms with E-state index in [1.807, 2.05) is 49.1 Å². The van der Waals surface area contributed by atoms with E-state index in [2.05, 4.69) is 20.5 Å². The molecule has 0 radical (unpaired) electrons. The normalized spacial score (nSPS) is 14.9. The maximum Gasteiger partial charge on any atom is 0.244 e. The maximum absolute atomic E-state index is 12.5. The smallest absolute Gasteiger partial charge is 0.244 e. The van der Waals surface area contributed by atoms with E-state index in [0.717, 1.165) is 51.5 Å². The van der Waals surface area contributed by atoms with Gasteiger partial charge in [0.05, 0.1) is 13.2 Å². The van der Waals surface area contributed by atoms with Crippen LogP contribution < -0.4 is 10.6 Å². The summed E-state index contributed by atoms with van der Waals surface area (Å²) >= 11 is 0. The van der Waals surface area contributed by atoms with Gasteiger partial charge in [0, 0.05) is 45.8 Å². The summed E-state index contributed by atoms with van der Waals surface area (Å²) < 4.78 is 5.37. The van der Waals surface area contributed by atoms with Crippen LogP contribution in [-0.4, -0.2) is 80.7 Å². The van der Waals surface area contributed by atoms with E-state index in [-0.39, 0.29) is 36.4 Å². The van der Waals surface area contributed by atoms with Crippen molar-refractivity contribution in [1.29, 1.82) is 0 Å². The number of guanidine groups is 1. The van der Waals surface area contributed by atoms with Crippen molar-refractivity contribution in [2.75, 3.05) is 59.0 Å². The first-order valence-corrected chi connectivity index (χ1v) is 9.87. The molecule has 158 valence electrons. The highest BCUT2D eigenvalue weighted by molar-refractivity contribution is 14.0. The molecule has 1 saturated heterocycles. The van der Waals surface area contributed by atoms with E-state index in [0.29, 0.717) is 19.0 Å². The Hall–Kier alpha value is -1.39. The average molecular weight is 503 g/mol. The lowest BCUT2D eigenvalue weighted by Gasteiger charge is -2.26. The molecule has 2 rings (SSSR count). The highest BCUT2D eigenvalue weighted by atomic mass is 127. The number of hydrogen-bond donors (Lipinski definition) is 2. The molecule has 8 heteroatoms. The zero-order valence-electron chi connectivity index (χ0n) is 17.0. The Morgan fingerprint density at radius 3 is 2.54 bits per heavy atom.